The lowest BCUT2D eigenvalue weighted by atomic mass is 10.0. The van der Waals surface area contributed by atoms with Gasteiger partial charge in [0.15, 0.2) is 0 Å². The zero-order chi connectivity index (χ0) is 11.4. The molecule has 90 valence electrons. The van der Waals surface area contributed by atoms with Crippen molar-refractivity contribution in [3.63, 3.8) is 0 Å². The maximum Gasteiger partial charge on any atom is 0.113 e. The van der Waals surface area contributed by atoms with Crippen molar-refractivity contribution in [2.45, 2.75) is 59.0 Å². The van der Waals surface area contributed by atoms with E-state index >= 15 is 0 Å². The average molecular weight is 215 g/mol. The van der Waals surface area contributed by atoms with E-state index in [0.29, 0.717) is 12.0 Å². The van der Waals surface area contributed by atoms with E-state index in [1.165, 1.54) is 12.8 Å². The number of hydrogen-bond acceptors (Lipinski definition) is 3. The summed E-state index contributed by atoms with van der Waals surface area (Å²) >= 11 is 0. The summed E-state index contributed by atoms with van der Waals surface area (Å²) in [5, 5.41) is 9.43. The van der Waals surface area contributed by atoms with Gasteiger partial charge >= 0.3 is 0 Å². The first-order valence-corrected chi connectivity index (χ1v) is 6.12. The minimum atomic E-state index is -0.268. The molecule has 4 unspecified atom stereocenters. The highest BCUT2D eigenvalue weighted by atomic mass is 16.5. The highest BCUT2D eigenvalue weighted by molar-refractivity contribution is 4.79. The summed E-state index contributed by atoms with van der Waals surface area (Å²) in [6, 6.07) is 0. The topological polar surface area (TPSA) is 32.7 Å². The van der Waals surface area contributed by atoms with Crippen LogP contribution < -0.4 is 0 Å². The van der Waals surface area contributed by atoms with Gasteiger partial charge in [-0.2, -0.15) is 0 Å². The minimum Gasteiger partial charge on any atom is -0.392 e. The number of aliphatic hydroxyl groups excluding tert-OH is 1. The molecule has 0 bridgehead atoms. The summed E-state index contributed by atoms with van der Waals surface area (Å²) in [4.78, 5) is 2.27. The van der Waals surface area contributed by atoms with E-state index in [4.69, 9.17) is 4.74 Å². The van der Waals surface area contributed by atoms with Crippen LogP contribution in [0.1, 0.15) is 40.5 Å². The molecule has 3 nitrogen and oxygen atoms in total. The molecule has 0 radical (unpaired) electrons. The number of hydrogen-bond donors (Lipinski definition) is 1. The van der Waals surface area contributed by atoms with Crippen LogP contribution >= 0.6 is 0 Å². The second kappa shape index (κ2) is 5.83. The molecule has 0 amide bonds. The maximum absolute atomic E-state index is 9.43. The first-order chi connectivity index (χ1) is 7.04. The Labute approximate surface area is 93.4 Å². The molecule has 0 aromatic rings. The molecule has 1 fully saturated rings. The monoisotopic (exact) mass is 215 g/mol. The molecule has 0 aromatic heterocycles. The Morgan fingerprint density at radius 3 is 2.67 bits per heavy atom. The fraction of sp³-hybridized carbons (Fsp3) is 1.00. The predicted molar refractivity (Wildman–Crippen MR) is 61.7 cm³/mol. The Morgan fingerprint density at radius 2 is 2.13 bits per heavy atom. The highest BCUT2D eigenvalue weighted by Crippen LogP contribution is 2.25. The molecule has 0 aliphatic carbocycles. The molecule has 1 saturated heterocycles. The Bertz CT molecular complexity index is 184. The van der Waals surface area contributed by atoms with Crippen LogP contribution in [0.15, 0.2) is 0 Å². The SMILES string of the molecule is CCCC(C)C1OC(C)CN1CC(C)O. The normalized spacial score (nSPS) is 31.8. The van der Waals surface area contributed by atoms with Gasteiger partial charge in [0.05, 0.1) is 12.2 Å². The number of nitrogens with zero attached hydrogens (tertiary/aromatic N) is 1. The van der Waals surface area contributed by atoms with Gasteiger partial charge < -0.3 is 9.84 Å². The van der Waals surface area contributed by atoms with E-state index in [1.54, 1.807) is 0 Å². The molecular formula is C12H25NO2. The third kappa shape index (κ3) is 3.74. The second-order valence-corrected chi connectivity index (χ2v) is 4.91. The second-order valence-electron chi connectivity index (χ2n) is 4.91. The van der Waals surface area contributed by atoms with Crippen LogP contribution in [-0.4, -0.2) is 41.5 Å². The van der Waals surface area contributed by atoms with Crippen molar-refractivity contribution in [2.24, 2.45) is 5.92 Å². The standard InChI is InChI=1S/C12H25NO2/c1-5-6-9(2)12-13(7-10(3)14)8-11(4)15-12/h9-12,14H,5-8H2,1-4H3. The van der Waals surface area contributed by atoms with E-state index in [0.717, 1.165) is 13.1 Å². The number of rotatable bonds is 5. The predicted octanol–water partition coefficient (Wildman–Crippen LogP) is 1.85. The summed E-state index contributed by atoms with van der Waals surface area (Å²) in [6.45, 7) is 10.1. The molecule has 1 N–H and O–H groups in total. The maximum atomic E-state index is 9.43. The summed E-state index contributed by atoms with van der Waals surface area (Å²) in [6.07, 6.45) is 2.61. The molecule has 1 heterocycles. The Kier molecular flexibility index (Phi) is 5.03. The lowest BCUT2D eigenvalue weighted by molar-refractivity contribution is -0.0422. The Balaban J connectivity index is 2.51. The van der Waals surface area contributed by atoms with E-state index in [2.05, 4.69) is 25.7 Å². The number of ether oxygens (including phenoxy) is 1. The van der Waals surface area contributed by atoms with Gasteiger partial charge in [0.1, 0.15) is 6.23 Å². The largest absolute Gasteiger partial charge is 0.392 e. The van der Waals surface area contributed by atoms with Crippen LogP contribution in [0, 0.1) is 5.92 Å². The summed E-state index contributed by atoms with van der Waals surface area (Å²) in [5.41, 5.74) is 0. The van der Waals surface area contributed by atoms with Crippen LogP contribution in [0.5, 0.6) is 0 Å². The summed E-state index contributed by atoms with van der Waals surface area (Å²) in [5.74, 6) is 0.554. The van der Waals surface area contributed by atoms with Gasteiger partial charge in [-0.1, -0.05) is 20.3 Å². The highest BCUT2D eigenvalue weighted by Gasteiger charge is 2.34. The van der Waals surface area contributed by atoms with E-state index < -0.39 is 0 Å². The van der Waals surface area contributed by atoms with Crippen molar-refractivity contribution in [3.05, 3.63) is 0 Å². The van der Waals surface area contributed by atoms with Gasteiger partial charge in [-0.3, -0.25) is 4.90 Å². The number of β-amino-alcohol motifs (C(OH)–C–C–N with tert-alkyl or cyclic N) is 1. The molecule has 15 heavy (non-hydrogen) atoms. The Hall–Kier alpha value is -0.120. The zero-order valence-electron chi connectivity index (χ0n) is 10.4. The average Bonchev–Trinajstić information content (AvgIpc) is 2.46. The van der Waals surface area contributed by atoms with Gasteiger partial charge in [-0.05, 0) is 26.2 Å². The molecule has 0 aromatic carbocycles. The van der Waals surface area contributed by atoms with Crippen LogP contribution in [0.25, 0.3) is 0 Å². The van der Waals surface area contributed by atoms with Crippen molar-refractivity contribution in [1.29, 1.82) is 0 Å². The molecule has 0 spiro atoms. The van der Waals surface area contributed by atoms with Crippen molar-refractivity contribution in [3.8, 4) is 0 Å². The molecule has 3 heteroatoms. The molecule has 0 saturated carbocycles. The summed E-state index contributed by atoms with van der Waals surface area (Å²) < 4.78 is 5.90. The lowest BCUT2D eigenvalue weighted by Crippen LogP contribution is -2.39. The van der Waals surface area contributed by atoms with Crippen LogP contribution in [0.3, 0.4) is 0 Å². The third-order valence-electron chi connectivity index (χ3n) is 2.95. The Morgan fingerprint density at radius 1 is 1.47 bits per heavy atom. The van der Waals surface area contributed by atoms with E-state index in [-0.39, 0.29) is 12.3 Å². The first kappa shape index (κ1) is 12.9. The van der Waals surface area contributed by atoms with E-state index in [9.17, 15) is 5.11 Å². The molecule has 4 atom stereocenters. The smallest absolute Gasteiger partial charge is 0.113 e. The van der Waals surface area contributed by atoms with Crippen molar-refractivity contribution >= 4 is 0 Å². The van der Waals surface area contributed by atoms with Crippen LogP contribution in [0.4, 0.5) is 0 Å². The van der Waals surface area contributed by atoms with E-state index in [1.807, 2.05) is 6.92 Å². The van der Waals surface area contributed by atoms with Crippen LogP contribution in [0.2, 0.25) is 0 Å². The van der Waals surface area contributed by atoms with Gasteiger partial charge in [-0.15, -0.1) is 0 Å². The summed E-state index contributed by atoms with van der Waals surface area (Å²) in [7, 11) is 0. The van der Waals surface area contributed by atoms with Crippen molar-refractivity contribution in [1.82, 2.24) is 4.90 Å². The van der Waals surface area contributed by atoms with Gasteiger partial charge in [-0.25, -0.2) is 0 Å². The van der Waals surface area contributed by atoms with Crippen molar-refractivity contribution < 1.29 is 9.84 Å². The van der Waals surface area contributed by atoms with Crippen molar-refractivity contribution in [2.75, 3.05) is 13.1 Å². The van der Waals surface area contributed by atoms with Crippen LogP contribution in [-0.2, 0) is 4.74 Å². The fourth-order valence-electron chi connectivity index (χ4n) is 2.41. The molecule has 1 aliphatic heterocycles. The lowest BCUT2D eigenvalue weighted by Gasteiger charge is -2.28. The minimum absolute atomic E-state index is 0.203. The fourth-order valence-corrected chi connectivity index (χ4v) is 2.41. The van der Waals surface area contributed by atoms with Gasteiger partial charge in [0.25, 0.3) is 0 Å². The number of aliphatic hydroxyl groups is 1. The van der Waals surface area contributed by atoms with Gasteiger partial charge in [0, 0.05) is 13.1 Å². The van der Waals surface area contributed by atoms with Gasteiger partial charge in [0.2, 0.25) is 0 Å². The first-order valence-electron chi connectivity index (χ1n) is 6.12. The zero-order valence-corrected chi connectivity index (χ0v) is 10.4. The quantitative estimate of drug-likeness (QED) is 0.759. The molecule has 1 aliphatic rings. The molecule has 1 rings (SSSR count). The molecular weight excluding hydrogens is 190 g/mol. The third-order valence-corrected chi connectivity index (χ3v) is 2.95.